The minimum absolute atomic E-state index is 0.0809. The fourth-order valence-electron chi connectivity index (χ4n) is 7.68. The molecule has 0 aromatic carbocycles. The molecule has 0 saturated heterocycles. The normalized spacial score (nSPS) is 12.4. The van der Waals surface area contributed by atoms with Gasteiger partial charge in [0, 0.05) is 19.3 Å². The summed E-state index contributed by atoms with van der Waals surface area (Å²) >= 11 is 0. The molecule has 0 spiro atoms. The molecule has 0 amide bonds. The highest BCUT2D eigenvalue weighted by atomic mass is 16.6. The Balaban J connectivity index is 4.40. The molecule has 0 aliphatic rings. The summed E-state index contributed by atoms with van der Waals surface area (Å²) in [7, 11) is 0. The predicted molar refractivity (Wildman–Crippen MR) is 270 cm³/mol. The molecule has 366 valence electrons. The Hall–Kier alpha value is -2.63. The van der Waals surface area contributed by atoms with Crippen LogP contribution in [0.15, 0.2) is 48.6 Å². The summed E-state index contributed by atoms with van der Waals surface area (Å²) in [4.78, 5) is 38.0. The Bertz CT molecular complexity index is 1110. The number of unbranched alkanes of at least 4 members (excludes halogenated alkanes) is 30. The van der Waals surface area contributed by atoms with Gasteiger partial charge in [-0.3, -0.25) is 14.4 Å². The number of rotatable bonds is 49. The maximum atomic E-state index is 12.8. The number of carbonyl (C=O) groups is 3. The van der Waals surface area contributed by atoms with E-state index in [1.165, 1.54) is 135 Å². The van der Waals surface area contributed by atoms with Gasteiger partial charge in [-0.05, 0) is 83.5 Å². The average Bonchev–Trinajstić information content (AvgIpc) is 3.28. The summed E-state index contributed by atoms with van der Waals surface area (Å²) in [6.45, 7) is 6.58. The van der Waals surface area contributed by atoms with Crippen molar-refractivity contribution in [2.24, 2.45) is 0 Å². The Morgan fingerprint density at radius 1 is 0.317 bits per heavy atom. The highest BCUT2D eigenvalue weighted by molar-refractivity contribution is 5.71. The third-order valence-electron chi connectivity index (χ3n) is 11.8. The molecule has 0 radical (unpaired) electrons. The molecule has 1 atom stereocenters. The van der Waals surface area contributed by atoms with Gasteiger partial charge in [-0.25, -0.2) is 0 Å². The smallest absolute Gasteiger partial charge is 0.306 e. The van der Waals surface area contributed by atoms with E-state index >= 15 is 0 Å². The molecule has 0 heterocycles. The van der Waals surface area contributed by atoms with Crippen molar-refractivity contribution in [3.05, 3.63) is 48.6 Å². The molecular weight excluding hydrogens is 781 g/mol. The summed E-state index contributed by atoms with van der Waals surface area (Å²) in [5.41, 5.74) is 0. The largest absolute Gasteiger partial charge is 0.462 e. The minimum Gasteiger partial charge on any atom is -0.462 e. The van der Waals surface area contributed by atoms with Crippen molar-refractivity contribution in [1.82, 2.24) is 0 Å². The van der Waals surface area contributed by atoms with E-state index in [1.54, 1.807) is 0 Å². The van der Waals surface area contributed by atoms with Gasteiger partial charge in [0.05, 0.1) is 0 Å². The van der Waals surface area contributed by atoms with Crippen molar-refractivity contribution in [3.63, 3.8) is 0 Å². The number of esters is 3. The first-order chi connectivity index (χ1) is 31.0. The zero-order valence-electron chi connectivity index (χ0n) is 41.8. The van der Waals surface area contributed by atoms with Gasteiger partial charge in [0.2, 0.25) is 0 Å². The fourth-order valence-corrected chi connectivity index (χ4v) is 7.68. The zero-order chi connectivity index (χ0) is 45.8. The van der Waals surface area contributed by atoms with E-state index in [0.29, 0.717) is 19.3 Å². The average molecular weight is 883 g/mol. The highest BCUT2D eigenvalue weighted by Gasteiger charge is 2.19. The Kier molecular flexibility index (Phi) is 49.8. The summed E-state index contributed by atoms with van der Waals surface area (Å²) in [5.74, 6) is -0.899. The first-order valence-electron chi connectivity index (χ1n) is 27.1. The first kappa shape index (κ1) is 60.4. The lowest BCUT2D eigenvalue weighted by molar-refractivity contribution is -0.167. The molecule has 0 N–H and O–H groups in total. The number of hydrogen-bond donors (Lipinski definition) is 0. The van der Waals surface area contributed by atoms with Crippen LogP contribution < -0.4 is 0 Å². The minimum atomic E-state index is -0.783. The molecule has 1 unspecified atom stereocenters. The van der Waals surface area contributed by atoms with Crippen LogP contribution in [0.3, 0.4) is 0 Å². The van der Waals surface area contributed by atoms with E-state index in [2.05, 4.69) is 69.4 Å². The maximum Gasteiger partial charge on any atom is 0.306 e. The molecular formula is C57H102O6. The van der Waals surface area contributed by atoms with Crippen LogP contribution in [0.2, 0.25) is 0 Å². The van der Waals surface area contributed by atoms with E-state index in [9.17, 15) is 14.4 Å². The van der Waals surface area contributed by atoms with Gasteiger partial charge >= 0.3 is 17.9 Å². The molecule has 6 nitrogen and oxygen atoms in total. The van der Waals surface area contributed by atoms with Crippen LogP contribution in [0, 0.1) is 0 Å². The number of allylic oxidation sites excluding steroid dienone is 8. The van der Waals surface area contributed by atoms with Gasteiger partial charge in [-0.2, -0.15) is 0 Å². The van der Waals surface area contributed by atoms with Crippen LogP contribution in [-0.2, 0) is 28.6 Å². The van der Waals surface area contributed by atoms with Crippen molar-refractivity contribution in [2.75, 3.05) is 13.2 Å². The van der Waals surface area contributed by atoms with Crippen LogP contribution >= 0.6 is 0 Å². The van der Waals surface area contributed by atoms with E-state index in [1.807, 2.05) is 0 Å². The summed E-state index contributed by atoms with van der Waals surface area (Å²) in [6, 6.07) is 0. The Morgan fingerprint density at radius 2 is 0.571 bits per heavy atom. The highest BCUT2D eigenvalue weighted by Crippen LogP contribution is 2.15. The molecule has 0 aliphatic heterocycles. The van der Waals surface area contributed by atoms with Crippen LogP contribution in [0.25, 0.3) is 0 Å². The monoisotopic (exact) mass is 883 g/mol. The number of ether oxygens (including phenoxy) is 3. The fraction of sp³-hybridized carbons (Fsp3) is 0.807. The lowest BCUT2D eigenvalue weighted by atomic mass is 10.0. The second-order valence-corrected chi connectivity index (χ2v) is 18.1. The van der Waals surface area contributed by atoms with Gasteiger partial charge in [-0.15, -0.1) is 0 Å². The SMILES string of the molecule is CCCCC/C=C/C/C=C/CCCCCCCC(=O)OCC(COC(=O)CCCCCCCCCCCCCCCCC)OC(=O)CCCCCCC/C=C/C/C=C/CCCCC. The van der Waals surface area contributed by atoms with Crippen molar-refractivity contribution in [2.45, 2.75) is 284 Å². The number of hydrogen-bond acceptors (Lipinski definition) is 6. The first-order valence-corrected chi connectivity index (χ1v) is 27.1. The predicted octanol–water partition coefficient (Wildman–Crippen LogP) is 17.9. The van der Waals surface area contributed by atoms with E-state index in [-0.39, 0.29) is 31.1 Å². The van der Waals surface area contributed by atoms with Gasteiger partial charge in [0.15, 0.2) is 6.10 Å². The molecule has 0 aromatic heterocycles. The van der Waals surface area contributed by atoms with Gasteiger partial charge in [0.1, 0.15) is 13.2 Å². The van der Waals surface area contributed by atoms with Crippen molar-refractivity contribution in [1.29, 1.82) is 0 Å². The van der Waals surface area contributed by atoms with Crippen LogP contribution in [0.5, 0.6) is 0 Å². The Morgan fingerprint density at radius 3 is 0.905 bits per heavy atom. The third-order valence-corrected chi connectivity index (χ3v) is 11.8. The van der Waals surface area contributed by atoms with E-state index < -0.39 is 6.10 Å². The second kappa shape index (κ2) is 52.0. The molecule has 63 heavy (non-hydrogen) atoms. The maximum absolute atomic E-state index is 12.8. The number of carbonyl (C=O) groups excluding carboxylic acids is 3. The molecule has 6 heteroatoms. The van der Waals surface area contributed by atoms with Crippen LogP contribution in [0.4, 0.5) is 0 Å². The van der Waals surface area contributed by atoms with Crippen molar-refractivity contribution < 1.29 is 28.6 Å². The quantitative estimate of drug-likeness (QED) is 0.0262. The molecule has 0 rings (SSSR count). The van der Waals surface area contributed by atoms with E-state index in [4.69, 9.17) is 14.2 Å². The topological polar surface area (TPSA) is 78.9 Å². The van der Waals surface area contributed by atoms with Gasteiger partial charge in [-0.1, -0.05) is 223 Å². The molecule has 0 bridgehead atoms. The lowest BCUT2D eigenvalue weighted by Crippen LogP contribution is -2.30. The molecule has 0 fully saturated rings. The molecule has 0 saturated carbocycles. The molecule has 0 aromatic rings. The van der Waals surface area contributed by atoms with Gasteiger partial charge < -0.3 is 14.2 Å². The second-order valence-electron chi connectivity index (χ2n) is 18.1. The van der Waals surface area contributed by atoms with Crippen molar-refractivity contribution in [3.8, 4) is 0 Å². The summed E-state index contributed by atoms with van der Waals surface area (Å²) in [5, 5.41) is 0. The summed E-state index contributed by atoms with van der Waals surface area (Å²) < 4.78 is 16.8. The van der Waals surface area contributed by atoms with Crippen LogP contribution in [-0.4, -0.2) is 37.2 Å². The Labute approximate surface area is 390 Å². The third kappa shape index (κ3) is 50.2. The lowest BCUT2D eigenvalue weighted by Gasteiger charge is -2.18. The molecule has 0 aliphatic carbocycles. The van der Waals surface area contributed by atoms with Crippen LogP contribution in [0.1, 0.15) is 278 Å². The summed E-state index contributed by atoms with van der Waals surface area (Å²) in [6.07, 6.45) is 62.3. The standard InChI is InChI=1S/C57H102O6/c1-4-7-10-13-16-19-22-25-28-31-34-37-40-43-46-49-55(58)61-52-54(63-57(60)51-48-45-42-39-36-33-30-27-24-21-18-15-12-9-6-3)53-62-56(59)50-47-44-41-38-35-32-29-26-23-20-17-14-11-8-5-2/h16,18-19,21,25,27-28,30,54H,4-15,17,20,22-24,26,29,31-53H2,1-3H3/b19-16+,21-18+,28-25+,30-27+. The van der Waals surface area contributed by atoms with Crippen molar-refractivity contribution >= 4 is 17.9 Å². The van der Waals surface area contributed by atoms with Gasteiger partial charge in [0.25, 0.3) is 0 Å². The van der Waals surface area contributed by atoms with E-state index in [0.717, 1.165) is 103 Å². The zero-order valence-corrected chi connectivity index (χ0v) is 41.8.